The van der Waals surface area contributed by atoms with E-state index in [0.29, 0.717) is 0 Å². The summed E-state index contributed by atoms with van der Waals surface area (Å²) in [4.78, 5) is 0. The molecule has 0 heterocycles. The molecule has 3 aromatic rings. The van der Waals surface area contributed by atoms with Crippen LogP contribution in [0.2, 0.25) is 0 Å². The first kappa shape index (κ1) is 14.0. The van der Waals surface area contributed by atoms with Gasteiger partial charge in [0.2, 0.25) is 0 Å². The Bertz CT molecular complexity index is 878. The van der Waals surface area contributed by atoms with Crippen molar-refractivity contribution < 1.29 is 0 Å². The Hall–Kier alpha value is -2.34. The van der Waals surface area contributed by atoms with E-state index in [1.165, 1.54) is 44.5 Å². The van der Waals surface area contributed by atoms with E-state index in [4.69, 9.17) is 0 Å². The number of rotatable bonds is 0. The first-order valence-electron chi connectivity index (χ1n) is 8.82. The summed E-state index contributed by atoms with van der Waals surface area (Å²) >= 11 is 0. The molecule has 0 aromatic heterocycles. The Balaban J connectivity index is 2.08. The lowest BCUT2D eigenvalue weighted by atomic mass is 9.47. The van der Waals surface area contributed by atoms with Crippen LogP contribution in [-0.2, 0) is 10.8 Å². The molecule has 0 aliphatic heterocycles. The van der Waals surface area contributed by atoms with E-state index in [-0.39, 0.29) is 10.8 Å². The molecule has 0 amide bonds. The second-order valence-corrected chi connectivity index (χ2v) is 7.79. The van der Waals surface area contributed by atoms with Crippen molar-refractivity contribution in [2.45, 2.75) is 38.5 Å². The lowest BCUT2D eigenvalue weighted by Crippen LogP contribution is -2.49. The molecule has 3 aromatic carbocycles. The highest BCUT2D eigenvalue weighted by atomic mass is 14.6. The Morgan fingerprint density at radius 2 is 0.792 bits per heavy atom. The number of aryl methyl sites for hydroxylation is 2. The summed E-state index contributed by atoms with van der Waals surface area (Å²) in [7, 11) is 0. The van der Waals surface area contributed by atoms with E-state index in [2.05, 4.69) is 88.4 Å². The van der Waals surface area contributed by atoms with Gasteiger partial charge in [-0.25, -0.2) is 0 Å². The third-order valence-electron chi connectivity index (χ3n) is 6.63. The smallest absolute Gasteiger partial charge is 0.0435 e. The summed E-state index contributed by atoms with van der Waals surface area (Å²) in [6.07, 6.45) is 0. The van der Waals surface area contributed by atoms with Crippen molar-refractivity contribution in [1.82, 2.24) is 0 Å². The van der Waals surface area contributed by atoms with Crippen LogP contribution in [0, 0.1) is 13.8 Å². The minimum atomic E-state index is -0.0591. The minimum absolute atomic E-state index is 0.0591. The molecule has 0 fully saturated rings. The van der Waals surface area contributed by atoms with Gasteiger partial charge in [0, 0.05) is 10.8 Å². The Morgan fingerprint density at radius 3 is 1.08 bits per heavy atom. The predicted molar refractivity (Wildman–Crippen MR) is 99.9 cm³/mol. The molecular weight excluding hydrogens is 288 g/mol. The van der Waals surface area contributed by atoms with Gasteiger partial charge >= 0.3 is 0 Å². The monoisotopic (exact) mass is 310 g/mol. The third-order valence-corrected chi connectivity index (χ3v) is 6.63. The topological polar surface area (TPSA) is 0 Å². The summed E-state index contributed by atoms with van der Waals surface area (Å²) in [6, 6.07) is 22.8. The van der Waals surface area contributed by atoms with Gasteiger partial charge < -0.3 is 0 Å². The number of hydrogen-bond acceptors (Lipinski definition) is 0. The van der Waals surface area contributed by atoms with E-state index in [1.54, 1.807) is 0 Å². The molecule has 118 valence electrons. The van der Waals surface area contributed by atoms with Crippen molar-refractivity contribution in [1.29, 1.82) is 0 Å². The lowest BCUT2D eigenvalue weighted by molar-refractivity contribution is 0.506. The summed E-state index contributed by atoms with van der Waals surface area (Å²) in [5.41, 5.74) is 11.7. The Labute approximate surface area is 144 Å². The van der Waals surface area contributed by atoms with Crippen LogP contribution in [-0.4, -0.2) is 0 Å². The fourth-order valence-corrected chi connectivity index (χ4v) is 5.64. The lowest BCUT2D eigenvalue weighted by Gasteiger charge is -2.55. The maximum absolute atomic E-state index is 2.43. The first-order chi connectivity index (χ1) is 11.5. The maximum Gasteiger partial charge on any atom is 0.0435 e. The summed E-state index contributed by atoms with van der Waals surface area (Å²) in [6.45, 7) is 9.40. The highest BCUT2D eigenvalue weighted by Gasteiger charge is 2.55. The van der Waals surface area contributed by atoms with E-state index in [1.807, 2.05) is 0 Å². The second-order valence-electron chi connectivity index (χ2n) is 7.79. The van der Waals surface area contributed by atoms with E-state index >= 15 is 0 Å². The van der Waals surface area contributed by atoms with Gasteiger partial charge in [0.1, 0.15) is 0 Å². The molecule has 3 aliphatic carbocycles. The van der Waals surface area contributed by atoms with Gasteiger partial charge in [-0.15, -0.1) is 0 Å². The molecule has 0 heteroatoms. The zero-order chi connectivity index (χ0) is 16.7. The summed E-state index contributed by atoms with van der Waals surface area (Å²) in [5, 5.41) is 0. The molecule has 0 saturated carbocycles. The van der Waals surface area contributed by atoms with Crippen LogP contribution in [0.4, 0.5) is 0 Å². The largest absolute Gasteiger partial charge is 0.0619 e. The van der Waals surface area contributed by atoms with Crippen LogP contribution in [0.5, 0.6) is 0 Å². The molecule has 24 heavy (non-hydrogen) atoms. The van der Waals surface area contributed by atoms with Crippen LogP contribution in [0.1, 0.15) is 58.4 Å². The molecule has 0 N–H and O–H groups in total. The molecule has 3 aliphatic rings. The fraction of sp³-hybridized carbons (Fsp3) is 0.250. The second kappa shape index (κ2) is 4.19. The van der Waals surface area contributed by atoms with Gasteiger partial charge in [0.25, 0.3) is 0 Å². The molecule has 0 saturated heterocycles. The molecular formula is C24H22. The van der Waals surface area contributed by atoms with Gasteiger partial charge in [0.15, 0.2) is 0 Å². The standard InChI is InChI=1S/C24H22/c1-15-13-14-16(2)22-21(15)23(3)17-9-5-7-11-19(17)24(22,4)20-12-8-6-10-18(20)23/h5-14H,1-4H3. The number of hydrogen-bond donors (Lipinski definition) is 0. The Morgan fingerprint density at radius 1 is 0.500 bits per heavy atom. The third kappa shape index (κ3) is 1.30. The van der Waals surface area contributed by atoms with Gasteiger partial charge in [-0.3, -0.25) is 0 Å². The predicted octanol–water partition coefficient (Wildman–Crippen LogP) is 5.64. The molecule has 6 rings (SSSR count). The van der Waals surface area contributed by atoms with Crippen molar-refractivity contribution in [3.8, 4) is 0 Å². The minimum Gasteiger partial charge on any atom is -0.0619 e. The summed E-state index contributed by atoms with van der Waals surface area (Å²) < 4.78 is 0. The average Bonchev–Trinajstić information content (AvgIpc) is 2.61. The first-order valence-corrected chi connectivity index (χ1v) is 8.82. The maximum atomic E-state index is 2.43. The van der Waals surface area contributed by atoms with Crippen molar-refractivity contribution in [2.24, 2.45) is 0 Å². The zero-order valence-electron chi connectivity index (χ0n) is 14.8. The van der Waals surface area contributed by atoms with Crippen LogP contribution >= 0.6 is 0 Å². The number of benzene rings is 3. The van der Waals surface area contributed by atoms with Gasteiger partial charge in [0.05, 0.1) is 0 Å². The van der Waals surface area contributed by atoms with E-state index in [0.717, 1.165) is 0 Å². The van der Waals surface area contributed by atoms with Crippen molar-refractivity contribution >= 4 is 0 Å². The normalized spacial score (nSPS) is 25.8. The highest BCUT2D eigenvalue weighted by Crippen LogP contribution is 2.62. The quantitative estimate of drug-likeness (QED) is 0.504. The Kier molecular flexibility index (Phi) is 2.45. The van der Waals surface area contributed by atoms with Gasteiger partial charge in [-0.1, -0.05) is 60.7 Å². The highest BCUT2D eigenvalue weighted by molar-refractivity contribution is 5.76. The summed E-state index contributed by atoms with van der Waals surface area (Å²) in [5.74, 6) is 0. The molecule has 0 spiro atoms. The van der Waals surface area contributed by atoms with E-state index in [9.17, 15) is 0 Å². The molecule has 0 atom stereocenters. The molecule has 0 unspecified atom stereocenters. The van der Waals surface area contributed by atoms with Crippen LogP contribution in [0.25, 0.3) is 0 Å². The van der Waals surface area contributed by atoms with Gasteiger partial charge in [-0.05, 0) is 72.2 Å². The van der Waals surface area contributed by atoms with E-state index < -0.39 is 0 Å². The van der Waals surface area contributed by atoms with Gasteiger partial charge in [-0.2, -0.15) is 0 Å². The van der Waals surface area contributed by atoms with Crippen LogP contribution in [0.3, 0.4) is 0 Å². The average molecular weight is 310 g/mol. The molecule has 0 nitrogen and oxygen atoms in total. The van der Waals surface area contributed by atoms with Crippen LogP contribution < -0.4 is 0 Å². The molecule has 2 bridgehead atoms. The molecule has 0 radical (unpaired) electrons. The fourth-order valence-electron chi connectivity index (χ4n) is 5.64. The zero-order valence-corrected chi connectivity index (χ0v) is 14.8. The van der Waals surface area contributed by atoms with Crippen molar-refractivity contribution in [3.63, 3.8) is 0 Å². The van der Waals surface area contributed by atoms with Crippen LogP contribution in [0.15, 0.2) is 60.7 Å². The SMILES string of the molecule is Cc1ccc(C)c2c1C1(C)c3ccccc3C2(C)c2ccccc21. The van der Waals surface area contributed by atoms with Crippen molar-refractivity contribution in [2.75, 3.05) is 0 Å². The van der Waals surface area contributed by atoms with Crippen molar-refractivity contribution in [3.05, 3.63) is 105 Å².